The van der Waals surface area contributed by atoms with Crippen LogP contribution < -0.4 is 4.74 Å². The van der Waals surface area contributed by atoms with Crippen molar-refractivity contribution in [2.24, 2.45) is 0 Å². The first-order valence-electron chi connectivity index (χ1n) is 8.94. The SMILES string of the molecule is COc1ccc(S(=O)(=O)N2CCC(n3c(C)nc4cccnc43)CC2)cc1. The zero-order valence-corrected chi connectivity index (χ0v) is 16.2. The molecule has 142 valence electrons. The van der Waals surface area contributed by atoms with Gasteiger partial charge in [-0.1, -0.05) is 0 Å². The fourth-order valence-electron chi connectivity index (χ4n) is 3.72. The molecule has 0 aliphatic carbocycles. The van der Waals surface area contributed by atoms with Crippen molar-refractivity contribution in [2.75, 3.05) is 20.2 Å². The second-order valence-corrected chi connectivity index (χ2v) is 8.62. The van der Waals surface area contributed by atoms with Gasteiger partial charge < -0.3 is 9.30 Å². The van der Waals surface area contributed by atoms with E-state index >= 15 is 0 Å². The number of ether oxygens (including phenoxy) is 1. The number of piperidine rings is 1. The first kappa shape index (κ1) is 17.9. The molecule has 1 aliphatic rings. The molecule has 0 atom stereocenters. The molecule has 0 bridgehead atoms. The number of hydrogen-bond acceptors (Lipinski definition) is 5. The summed E-state index contributed by atoms with van der Waals surface area (Å²) >= 11 is 0. The summed E-state index contributed by atoms with van der Waals surface area (Å²) in [4.78, 5) is 9.34. The van der Waals surface area contributed by atoms with Crippen molar-refractivity contribution in [1.82, 2.24) is 18.8 Å². The molecule has 0 amide bonds. The highest BCUT2D eigenvalue weighted by atomic mass is 32.2. The van der Waals surface area contributed by atoms with Gasteiger partial charge in [-0.25, -0.2) is 18.4 Å². The average molecular weight is 386 g/mol. The minimum Gasteiger partial charge on any atom is -0.497 e. The van der Waals surface area contributed by atoms with Crippen LogP contribution in [0.2, 0.25) is 0 Å². The van der Waals surface area contributed by atoms with Gasteiger partial charge in [0.25, 0.3) is 0 Å². The summed E-state index contributed by atoms with van der Waals surface area (Å²) in [6, 6.07) is 10.6. The second-order valence-electron chi connectivity index (χ2n) is 6.69. The third-order valence-electron chi connectivity index (χ3n) is 5.11. The number of fused-ring (bicyclic) bond motifs is 1. The molecule has 3 aromatic rings. The molecule has 1 aliphatic heterocycles. The number of aromatic nitrogens is 3. The van der Waals surface area contributed by atoms with Crippen molar-refractivity contribution in [3.05, 3.63) is 48.4 Å². The summed E-state index contributed by atoms with van der Waals surface area (Å²) in [6.07, 6.45) is 3.24. The van der Waals surface area contributed by atoms with Gasteiger partial charge in [0.05, 0.1) is 12.0 Å². The Bertz CT molecular complexity index is 1050. The molecule has 7 nitrogen and oxygen atoms in total. The first-order chi connectivity index (χ1) is 13.0. The maximum atomic E-state index is 12.9. The zero-order chi connectivity index (χ0) is 19.0. The highest BCUT2D eigenvalue weighted by Gasteiger charge is 2.31. The monoisotopic (exact) mass is 386 g/mol. The van der Waals surface area contributed by atoms with E-state index in [4.69, 9.17) is 4.74 Å². The predicted octanol–water partition coefficient (Wildman–Crippen LogP) is 2.77. The van der Waals surface area contributed by atoms with Gasteiger partial charge in [-0.2, -0.15) is 4.31 Å². The van der Waals surface area contributed by atoms with Crippen molar-refractivity contribution in [3.8, 4) is 5.75 Å². The molecule has 4 rings (SSSR count). The lowest BCUT2D eigenvalue weighted by molar-refractivity contribution is 0.274. The summed E-state index contributed by atoms with van der Waals surface area (Å²) in [5.41, 5.74) is 1.75. The predicted molar refractivity (Wildman–Crippen MR) is 102 cm³/mol. The fourth-order valence-corrected chi connectivity index (χ4v) is 5.19. The standard InChI is InChI=1S/C19H22N4O3S/c1-14-21-18-4-3-11-20-19(18)23(14)15-9-12-22(13-10-15)27(24,25)17-7-5-16(26-2)6-8-17/h3-8,11,15H,9-10,12-13H2,1-2H3. The lowest BCUT2D eigenvalue weighted by Crippen LogP contribution is -2.39. The minimum absolute atomic E-state index is 0.201. The number of aryl methyl sites for hydroxylation is 1. The maximum Gasteiger partial charge on any atom is 0.243 e. The molecule has 1 fully saturated rings. The molecular weight excluding hydrogens is 364 g/mol. The van der Waals surface area contributed by atoms with Crippen molar-refractivity contribution >= 4 is 21.2 Å². The van der Waals surface area contributed by atoms with Crippen molar-refractivity contribution < 1.29 is 13.2 Å². The number of methoxy groups -OCH3 is 1. The Labute approximate surface area is 158 Å². The Morgan fingerprint density at radius 1 is 1.11 bits per heavy atom. The number of imidazole rings is 1. The van der Waals surface area contributed by atoms with E-state index in [1.807, 2.05) is 19.1 Å². The van der Waals surface area contributed by atoms with Crippen molar-refractivity contribution in [2.45, 2.75) is 30.7 Å². The quantitative estimate of drug-likeness (QED) is 0.689. The average Bonchev–Trinajstić information content (AvgIpc) is 3.04. The van der Waals surface area contributed by atoms with Crippen LogP contribution in [0.5, 0.6) is 5.75 Å². The van der Waals surface area contributed by atoms with Crippen molar-refractivity contribution in [1.29, 1.82) is 0 Å². The molecule has 2 aromatic heterocycles. The third kappa shape index (κ3) is 3.19. The van der Waals surface area contributed by atoms with E-state index < -0.39 is 10.0 Å². The Morgan fingerprint density at radius 3 is 2.48 bits per heavy atom. The van der Waals surface area contributed by atoms with Crippen LogP contribution in [0.4, 0.5) is 0 Å². The van der Waals surface area contributed by atoms with Crippen LogP contribution >= 0.6 is 0 Å². The Morgan fingerprint density at radius 2 is 1.81 bits per heavy atom. The highest BCUT2D eigenvalue weighted by Crippen LogP contribution is 2.30. The largest absolute Gasteiger partial charge is 0.497 e. The van der Waals surface area contributed by atoms with Gasteiger partial charge in [0.15, 0.2) is 5.65 Å². The topological polar surface area (TPSA) is 77.3 Å². The van der Waals surface area contributed by atoms with E-state index in [1.54, 1.807) is 41.9 Å². The smallest absolute Gasteiger partial charge is 0.243 e. The summed E-state index contributed by atoms with van der Waals surface area (Å²) in [7, 11) is -1.93. The molecule has 0 spiro atoms. The van der Waals surface area contributed by atoms with E-state index in [0.717, 1.165) is 29.8 Å². The molecule has 0 radical (unpaired) electrons. The maximum absolute atomic E-state index is 12.9. The molecule has 0 unspecified atom stereocenters. The molecular formula is C19H22N4O3S. The van der Waals surface area contributed by atoms with Crippen LogP contribution in [0.15, 0.2) is 47.5 Å². The van der Waals surface area contributed by atoms with E-state index in [0.29, 0.717) is 23.7 Å². The molecule has 0 saturated carbocycles. The summed E-state index contributed by atoms with van der Waals surface area (Å²) in [6.45, 7) is 2.93. The van der Waals surface area contributed by atoms with E-state index in [9.17, 15) is 8.42 Å². The summed E-state index contributed by atoms with van der Waals surface area (Å²) in [5, 5.41) is 0. The van der Waals surface area contributed by atoms with Gasteiger partial charge in [0.1, 0.15) is 17.1 Å². The summed E-state index contributed by atoms with van der Waals surface area (Å²) in [5.74, 6) is 1.56. The van der Waals surface area contributed by atoms with Gasteiger partial charge in [-0.15, -0.1) is 0 Å². The van der Waals surface area contributed by atoms with Crippen LogP contribution in [-0.4, -0.2) is 47.5 Å². The molecule has 3 heterocycles. The van der Waals surface area contributed by atoms with Crippen LogP contribution in [0.3, 0.4) is 0 Å². The molecule has 27 heavy (non-hydrogen) atoms. The van der Waals surface area contributed by atoms with Crippen molar-refractivity contribution in [3.63, 3.8) is 0 Å². The Hall–Kier alpha value is -2.45. The Kier molecular flexibility index (Phi) is 4.61. The minimum atomic E-state index is -3.49. The fraction of sp³-hybridized carbons (Fsp3) is 0.368. The van der Waals surface area contributed by atoms with Gasteiger partial charge in [-0.3, -0.25) is 0 Å². The normalized spacial score (nSPS) is 16.7. The van der Waals surface area contributed by atoms with E-state index in [1.165, 1.54) is 0 Å². The summed E-state index contributed by atoms with van der Waals surface area (Å²) < 4.78 is 34.6. The number of hydrogen-bond donors (Lipinski definition) is 0. The lowest BCUT2D eigenvalue weighted by Gasteiger charge is -2.32. The number of nitrogens with zero attached hydrogens (tertiary/aromatic N) is 4. The lowest BCUT2D eigenvalue weighted by atomic mass is 10.1. The zero-order valence-electron chi connectivity index (χ0n) is 15.4. The third-order valence-corrected chi connectivity index (χ3v) is 7.02. The van der Waals surface area contributed by atoms with Gasteiger partial charge in [0.2, 0.25) is 10.0 Å². The molecule has 0 N–H and O–H groups in total. The van der Waals surface area contributed by atoms with Crippen LogP contribution in [-0.2, 0) is 10.0 Å². The first-order valence-corrected chi connectivity index (χ1v) is 10.4. The second kappa shape index (κ2) is 6.94. The van der Waals surface area contributed by atoms with Gasteiger partial charge in [-0.05, 0) is 56.2 Å². The van der Waals surface area contributed by atoms with Crippen LogP contribution in [0, 0.1) is 6.92 Å². The van der Waals surface area contributed by atoms with Gasteiger partial charge >= 0.3 is 0 Å². The number of sulfonamides is 1. The molecule has 1 aromatic carbocycles. The Balaban J connectivity index is 1.53. The van der Waals surface area contributed by atoms with Crippen LogP contribution in [0.25, 0.3) is 11.2 Å². The number of pyridine rings is 1. The van der Waals surface area contributed by atoms with Gasteiger partial charge in [0, 0.05) is 25.3 Å². The van der Waals surface area contributed by atoms with Crippen LogP contribution in [0.1, 0.15) is 24.7 Å². The highest BCUT2D eigenvalue weighted by molar-refractivity contribution is 7.89. The van der Waals surface area contributed by atoms with E-state index in [-0.39, 0.29) is 6.04 Å². The number of rotatable bonds is 4. The van der Waals surface area contributed by atoms with E-state index in [2.05, 4.69) is 14.5 Å². The molecule has 8 heteroatoms. The molecule has 1 saturated heterocycles. The number of benzene rings is 1.